The van der Waals surface area contributed by atoms with E-state index in [1.165, 1.54) is 0 Å². The average Bonchev–Trinajstić information content (AvgIpc) is 3.36. The molecule has 1 unspecified atom stereocenters. The van der Waals surface area contributed by atoms with Gasteiger partial charge in [0.05, 0.1) is 5.88 Å². The molecule has 0 bridgehead atoms. The minimum Gasteiger partial charge on any atom is -0.347 e. The number of carbonyl (C=O) groups is 2. The van der Waals surface area contributed by atoms with Crippen LogP contribution in [0.5, 0.6) is 0 Å². The fraction of sp³-hybridized carbons (Fsp3) is 0.273. The van der Waals surface area contributed by atoms with E-state index in [1.54, 1.807) is 28.8 Å². The third kappa shape index (κ3) is 3.64. The van der Waals surface area contributed by atoms with Gasteiger partial charge in [-0.05, 0) is 42.8 Å². The van der Waals surface area contributed by atoms with Crippen LogP contribution in [-0.2, 0) is 11.3 Å². The fourth-order valence-corrected chi connectivity index (χ4v) is 4.70. The maximum absolute atomic E-state index is 12.9. The van der Waals surface area contributed by atoms with Crippen molar-refractivity contribution < 1.29 is 9.59 Å². The molecule has 4 rings (SSSR count). The first kappa shape index (κ1) is 18.6. The van der Waals surface area contributed by atoms with E-state index >= 15 is 0 Å². The van der Waals surface area contributed by atoms with Crippen LogP contribution in [0.2, 0.25) is 0 Å². The van der Waals surface area contributed by atoms with E-state index in [1.807, 2.05) is 36.4 Å². The SMILES string of the molecule is CCCn1ccc2cc(NC(=O)C3CSCN3C(=O)c3ccccc3)ccc21. The number of carbonyl (C=O) groups excluding carboxylic acids is 2. The van der Waals surface area contributed by atoms with Gasteiger partial charge in [-0.3, -0.25) is 9.59 Å². The van der Waals surface area contributed by atoms with Crippen molar-refractivity contribution in [3.63, 3.8) is 0 Å². The van der Waals surface area contributed by atoms with Gasteiger partial charge in [0.25, 0.3) is 5.91 Å². The Kier molecular flexibility index (Phi) is 5.39. The Morgan fingerprint density at radius 2 is 1.96 bits per heavy atom. The number of amides is 2. The van der Waals surface area contributed by atoms with Crippen LogP contribution in [0.1, 0.15) is 23.7 Å². The largest absolute Gasteiger partial charge is 0.347 e. The number of thioether (sulfide) groups is 1. The Bertz CT molecular complexity index is 999. The Balaban J connectivity index is 1.49. The molecule has 1 N–H and O–H groups in total. The molecule has 1 aromatic heterocycles. The standard InChI is InChI=1S/C22H23N3O2S/c1-2-11-24-12-10-17-13-18(8-9-19(17)24)23-21(26)20-14-28-15-25(20)22(27)16-6-4-3-5-7-16/h3-10,12-13,20H,2,11,14-15H2,1H3,(H,23,26). The summed E-state index contributed by atoms with van der Waals surface area (Å²) in [7, 11) is 0. The van der Waals surface area contributed by atoms with E-state index in [9.17, 15) is 9.59 Å². The number of fused-ring (bicyclic) bond motifs is 1. The van der Waals surface area contributed by atoms with Gasteiger partial charge in [-0.25, -0.2) is 0 Å². The summed E-state index contributed by atoms with van der Waals surface area (Å²) >= 11 is 1.60. The lowest BCUT2D eigenvalue weighted by molar-refractivity contribution is -0.119. The highest BCUT2D eigenvalue weighted by atomic mass is 32.2. The monoisotopic (exact) mass is 393 g/mol. The highest BCUT2D eigenvalue weighted by Gasteiger charge is 2.35. The van der Waals surface area contributed by atoms with Crippen molar-refractivity contribution in [1.82, 2.24) is 9.47 Å². The van der Waals surface area contributed by atoms with Crippen molar-refractivity contribution in [2.24, 2.45) is 0 Å². The second-order valence-electron chi connectivity index (χ2n) is 6.93. The van der Waals surface area contributed by atoms with E-state index in [4.69, 9.17) is 0 Å². The number of hydrogen-bond donors (Lipinski definition) is 1. The minimum atomic E-state index is -0.460. The maximum atomic E-state index is 12.9. The molecule has 1 fully saturated rings. The summed E-state index contributed by atoms with van der Waals surface area (Å²) in [5.41, 5.74) is 2.54. The van der Waals surface area contributed by atoms with E-state index in [0.717, 1.165) is 29.6 Å². The van der Waals surface area contributed by atoms with E-state index in [-0.39, 0.29) is 11.8 Å². The minimum absolute atomic E-state index is 0.0992. The summed E-state index contributed by atoms with van der Waals surface area (Å²) in [4.78, 5) is 27.3. The second-order valence-corrected chi connectivity index (χ2v) is 7.93. The zero-order valence-electron chi connectivity index (χ0n) is 15.8. The Morgan fingerprint density at radius 1 is 1.14 bits per heavy atom. The van der Waals surface area contributed by atoms with Crippen LogP contribution in [-0.4, -0.2) is 39.0 Å². The van der Waals surface area contributed by atoms with Crippen molar-refractivity contribution in [3.05, 3.63) is 66.4 Å². The van der Waals surface area contributed by atoms with Crippen molar-refractivity contribution in [3.8, 4) is 0 Å². The summed E-state index contributed by atoms with van der Waals surface area (Å²) in [6, 6.07) is 16.7. The van der Waals surface area contributed by atoms with Gasteiger partial charge in [-0.2, -0.15) is 0 Å². The van der Waals surface area contributed by atoms with Crippen molar-refractivity contribution in [1.29, 1.82) is 0 Å². The van der Waals surface area contributed by atoms with Crippen LogP contribution >= 0.6 is 11.8 Å². The lowest BCUT2D eigenvalue weighted by atomic mass is 10.1. The second kappa shape index (κ2) is 8.10. The van der Waals surface area contributed by atoms with Crippen LogP contribution in [0.15, 0.2) is 60.8 Å². The molecule has 2 heterocycles. The Morgan fingerprint density at radius 3 is 2.75 bits per heavy atom. The smallest absolute Gasteiger partial charge is 0.255 e. The summed E-state index contributed by atoms with van der Waals surface area (Å²) in [6.45, 7) is 3.13. The predicted octanol–water partition coefficient (Wildman–Crippen LogP) is 4.21. The number of rotatable bonds is 5. The number of hydrogen-bond acceptors (Lipinski definition) is 3. The number of anilines is 1. The molecule has 1 aliphatic rings. The molecule has 1 saturated heterocycles. The van der Waals surface area contributed by atoms with Gasteiger partial charge in [-0.1, -0.05) is 25.1 Å². The van der Waals surface area contributed by atoms with Gasteiger partial charge in [0.2, 0.25) is 5.91 Å². The molecule has 0 aliphatic carbocycles. The lowest BCUT2D eigenvalue weighted by Gasteiger charge is -2.23. The third-order valence-corrected chi connectivity index (χ3v) is 5.98. The Hall–Kier alpha value is -2.73. The molecule has 2 amide bonds. The summed E-state index contributed by atoms with van der Waals surface area (Å²) < 4.78 is 2.22. The van der Waals surface area contributed by atoms with Gasteiger partial charge in [-0.15, -0.1) is 11.8 Å². The van der Waals surface area contributed by atoms with Crippen molar-refractivity contribution >= 4 is 40.2 Å². The molecular formula is C22H23N3O2S. The summed E-state index contributed by atoms with van der Waals surface area (Å²) in [5, 5.41) is 4.10. The van der Waals surface area contributed by atoms with Crippen LogP contribution in [0.3, 0.4) is 0 Å². The van der Waals surface area contributed by atoms with Gasteiger partial charge in [0, 0.05) is 40.6 Å². The zero-order valence-corrected chi connectivity index (χ0v) is 16.6. The number of benzene rings is 2. The molecule has 6 heteroatoms. The quantitative estimate of drug-likeness (QED) is 0.707. The molecular weight excluding hydrogens is 370 g/mol. The third-order valence-electron chi connectivity index (χ3n) is 4.97. The molecule has 1 atom stereocenters. The first-order valence-electron chi connectivity index (χ1n) is 9.51. The van der Waals surface area contributed by atoms with Crippen molar-refractivity contribution in [2.75, 3.05) is 16.9 Å². The molecule has 144 valence electrons. The van der Waals surface area contributed by atoms with Gasteiger partial charge in [0.15, 0.2) is 0 Å². The Labute approximate surface area is 168 Å². The van der Waals surface area contributed by atoms with Gasteiger partial charge >= 0.3 is 0 Å². The first-order chi connectivity index (χ1) is 13.7. The molecule has 3 aromatic rings. The fourth-order valence-electron chi connectivity index (χ4n) is 3.55. The molecule has 0 radical (unpaired) electrons. The first-order valence-corrected chi connectivity index (χ1v) is 10.7. The molecule has 2 aromatic carbocycles. The molecule has 0 saturated carbocycles. The highest BCUT2D eigenvalue weighted by Crippen LogP contribution is 2.26. The highest BCUT2D eigenvalue weighted by molar-refractivity contribution is 7.99. The zero-order chi connectivity index (χ0) is 19.5. The van der Waals surface area contributed by atoms with E-state index < -0.39 is 6.04 Å². The van der Waals surface area contributed by atoms with Crippen LogP contribution in [0.4, 0.5) is 5.69 Å². The lowest BCUT2D eigenvalue weighted by Crippen LogP contribution is -2.44. The normalized spacial score (nSPS) is 16.5. The average molecular weight is 394 g/mol. The topological polar surface area (TPSA) is 54.3 Å². The van der Waals surface area contributed by atoms with Gasteiger partial charge < -0.3 is 14.8 Å². The maximum Gasteiger partial charge on any atom is 0.255 e. The number of nitrogens with zero attached hydrogens (tertiary/aromatic N) is 2. The molecule has 28 heavy (non-hydrogen) atoms. The van der Waals surface area contributed by atoms with E-state index in [0.29, 0.717) is 17.2 Å². The molecule has 1 aliphatic heterocycles. The molecule has 0 spiro atoms. The number of aryl methyl sites for hydroxylation is 1. The van der Waals surface area contributed by atoms with E-state index in [2.05, 4.69) is 29.1 Å². The summed E-state index contributed by atoms with van der Waals surface area (Å²) in [5.74, 6) is 0.906. The van der Waals surface area contributed by atoms with Crippen LogP contribution in [0.25, 0.3) is 10.9 Å². The van der Waals surface area contributed by atoms with Crippen LogP contribution < -0.4 is 5.32 Å². The molecule has 5 nitrogen and oxygen atoms in total. The predicted molar refractivity (Wildman–Crippen MR) is 115 cm³/mol. The van der Waals surface area contributed by atoms with Gasteiger partial charge in [0.1, 0.15) is 6.04 Å². The number of aromatic nitrogens is 1. The summed E-state index contributed by atoms with van der Waals surface area (Å²) in [6.07, 6.45) is 3.15. The van der Waals surface area contributed by atoms with Crippen LogP contribution in [0, 0.1) is 0 Å². The van der Waals surface area contributed by atoms with Crippen molar-refractivity contribution in [2.45, 2.75) is 25.9 Å². The number of nitrogens with one attached hydrogen (secondary N) is 1.